The van der Waals surface area contributed by atoms with Crippen LogP contribution in [-0.2, 0) is 20.9 Å². The van der Waals surface area contributed by atoms with Crippen molar-refractivity contribution in [2.45, 2.75) is 19.5 Å². The van der Waals surface area contributed by atoms with Gasteiger partial charge in [0.25, 0.3) is 11.8 Å². The lowest BCUT2D eigenvalue weighted by Crippen LogP contribution is -2.44. The summed E-state index contributed by atoms with van der Waals surface area (Å²) in [6, 6.07) is 6.98. The van der Waals surface area contributed by atoms with Gasteiger partial charge in [0.05, 0.1) is 12.3 Å². The van der Waals surface area contributed by atoms with Crippen molar-refractivity contribution < 1.29 is 28.3 Å². The number of benzene rings is 1. The number of nitrogens with two attached hydrogens (primary N) is 2. The number of hydrogen-bond acceptors (Lipinski definition) is 9. The SMILES string of the molecule is CCOC(=O)CNC(=O)C(c1ccc(F)cc1)N(Cc1cccnc1)C(=O)c1snc(C(N)=O)c1N. The Morgan fingerprint density at radius 1 is 1.19 bits per heavy atom. The third-order valence-corrected chi connectivity index (χ3v) is 5.80. The molecular weight excluding hydrogens is 491 g/mol. The summed E-state index contributed by atoms with van der Waals surface area (Å²) < 4.78 is 22.4. The van der Waals surface area contributed by atoms with E-state index in [1.807, 2.05) is 0 Å². The Labute approximate surface area is 209 Å². The number of esters is 1. The molecule has 0 bridgehead atoms. The van der Waals surface area contributed by atoms with Crippen LogP contribution in [0, 0.1) is 5.82 Å². The molecule has 0 saturated carbocycles. The highest BCUT2D eigenvalue weighted by molar-refractivity contribution is 7.09. The Kier molecular flexibility index (Phi) is 8.62. The summed E-state index contributed by atoms with van der Waals surface area (Å²) in [5.74, 6) is -3.60. The molecule has 0 fully saturated rings. The zero-order valence-corrected chi connectivity index (χ0v) is 20.0. The third-order valence-electron chi connectivity index (χ3n) is 4.95. The Morgan fingerprint density at radius 3 is 2.50 bits per heavy atom. The topological polar surface area (TPSA) is 171 Å². The van der Waals surface area contributed by atoms with Gasteiger partial charge >= 0.3 is 5.97 Å². The first kappa shape index (κ1) is 26.2. The Bertz CT molecular complexity index is 1250. The molecule has 2 heterocycles. The molecule has 0 aliphatic carbocycles. The molecule has 3 amide bonds. The fourth-order valence-electron chi connectivity index (χ4n) is 3.31. The molecule has 0 spiro atoms. The fourth-order valence-corrected chi connectivity index (χ4v) is 4.08. The lowest BCUT2D eigenvalue weighted by molar-refractivity contribution is -0.143. The number of amides is 3. The van der Waals surface area contributed by atoms with Gasteiger partial charge in [0, 0.05) is 18.9 Å². The normalized spacial score (nSPS) is 11.4. The predicted molar refractivity (Wildman–Crippen MR) is 128 cm³/mol. The van der Waals surface area contributed by atoms with Gasteiger partial charge in [0.1, 0.15) is 23.3 Å². The van der Waals surface area contributed by atoms with Gasteiger partial charge in [-0.3, -0.25) is 24.2 Å². The van der Waals surface area contributed by atoms with Crippen molar-refractivity contribution in [1.29, 1.82) is 0 Å². The maximum Gasteiger partial charge on any atom is 0.325 e. The number of pyridine rings is 1. The number of anilines is 1. The van der Waals surface area contributed by atoms with E-state index in [4.69, 9.17) is 16.2 Å². The highest BCUT2D eigenvalue weighted by Gasteiger charge is 2.35. The van der Waals surface area contributed by atoms with Gasteiger partial charge in [-0.25, -0.2) is 4.39 Å². The first-order valence-electron chi connectivity index (χ1n) is 10.7. The van der Waals surface area contributed by atoms with Gasteiger partial charge in [-0.1, -0.05) is 18.2 Å². The van der Waals surface area contributed by atoms with Crippen molar-refractivity contribution in [3.05, 3.63) is 76.3 Å². The molecule has 3 rings (SSSR count). The van der Waals surface area contributed by atoms with Gasteiger partial charge in [-0.05, 0) is 47.8 Å². The minimum absolute atomic E-state index is 0.113. The summed E-state index contributed by atoms with van der Waals surface area (Å²) in [4.78, 5) is 55.6. The molecule has 2 aromatic heterocycles. The number of carbonyl (C=O) groups excluding carboxylic acids is 4. The van der Waals surface area contributed by atoms with Crippen molar-refractivity contribution in [2.24, 2.45) is 5.73 Å². The van der Waals surface area contributed by atoms with Crippen LogP contribution >= 0.6 is 11.5 Å². The summed E-state index contributed by atoms with van der Waals surface area (Å²) in [6.45, 7) is 1.17. The first-order chi connectivity index (χ1) is 17.2. The van der Waals surface area contributed by atoms with Crippen LogP contribution in [0.2, 0.25) is 0 Å². The van der Waals surface area contributed by atoms with E-state index in [0.29, 0.717) is 17.1 Å². The summed E-state index contributed by atoms with van der Waals surface area (Å²) in [5, 5.41) is 2.46. The molecule has 0 aliphatic heterocycles. The smallest absolute Gasteiger partial charge is 0.325 e. The Morgan fingerprint density at radius 2 is 1.92 bits per heavy atom. The second kappa shape index (κ2) is 11.8. The molecule has 0 aliphatic rings. The standard InChI is InChI=1S/C23H23FN6O5S/c1-2-35-16(31)11-28-22(33)19(14-5-7-15(24)8-6-14)30(12-13-4-3-9-27-10-13)23(34)20-17(25)18(21(26)32)29-36-20/h3-10,19H,2,11-12,25H2,1H3,(H2,26,32)(H,28,33). The second-order valence-electron chi connectivity index (χ2n) is 7.41. The highest BCUT2D eigenvalue weighted by atomic mass is 32.1. The van der Waals surface area contributed by atoms with Gasteiger partial charge in [0.15, 0.2) is 5.69 Å². The molecule has 36 heavy (non-hydrogen) atoms. The average molecular weight is 515 g/mol. The van der Waals surface area contributed by atoms with Crippen molar-refractivity contribution in [3.8, 4) is 0 Å². The summed E-state index contributed by atoms with van der Waals surface area (Å²) in [7, 11) is 0. The fraction of sp³-hybridized carbons (Fsp3) is 0.217. The molecule has 1 atom stereocenters. The van der Waals surface area contributed by atoms with Crippen LogP contribution in [-0.4, -0.2) is 51.1 Å². The first-order valence-corrected chi connectivity index (χ1v) is 11.4. The number of aromatic nitrogens is 2. The Balaban J connectivity index is 2.07. The number of ether oxygens (including phenoxy) is 1. The van der Waals surface area contributed by atoms with Crippen LogP contribution < -0.4 is 16.8 Å². The predicted octanol–water partition coefficient (Wildman–Crippen LogP) is 1.42. The van der Waals surface area contributed by atoms with Gasteiger partial charge in [0.2, 0.25) is 5.91 Å². The van der Waals surface area contributed by atoms with E-state index in [9.17, 15) is 23.6 Å². The maximum atomic E-state index is 13.7. The van der Waals surface area contributed by atoms with Crippen molar-refractivity contribution in [1.82, 2.24) is 19.6 Å². The molecule has 13 heteroatoms. The lowest BCUT2D eigenvalue weighted by Gasteiger charge is -2.31. The van der Waals surface area contributed by atoms with E-state index >= 15 is 0 Å². The van der Waals surface area contributed by atoms with Crippen molar-refractivity contribution in [3.63, 3.8) is 0 Å². The maximum absolute atomic E-state index is 13.7. The number of nitrogen functional groups attached to an aromatic ring is 1. The van der Waals surface area contributed by atoms with Gasteiger partial charge < -0.3 is 26.4 Å². The number of carbonyl (C=O) groups is 4. The minimum atomic E-state index is -1.33. The van der Waals surface area contributed by atoms with Crippen LogP contribution in [0.5, 0.6) is 0 Å². The number of hydrogen-bond donors (Lipinski definition) is 3. The van der Waals surface area contributed by atoms with E-state index in [2.05, 4.69) is 14.7 Å². The molecule has 188 valence electrons. The van der Waals surface area contributed by atoms with Crippen LogP contribution in [0.1, 0.15) is 44.3 Å². The molecule has 1 unspecified atom stereocenters. The van der Waals surface area contributed by atoms with Crippen LogP contribution in [0.15, 0.2) is 48.8 Å². The molecule has 11 nitrogen and oxygen atoms in total. The molecule has 0 saturated heterocycles. The molecule has 0 radical (unpaired) electrons. The van der Waals surface area contributed by atoms with Crippen LogP contribution in [0.4, 0.5) is 10.1 Å². The number of nitrogens with zero attached hydrogens (tertiary/aromatic N) is 3. The average Bonchev–Trinajstić information content (AvgIpc) is 3.25. The van der Waals surface area contributed by atoms with Gasteiger partial charge in [-0.15, -0.1) is 0 Å². The molecule has 1 aromatic carbocycles. The molecule has 3 aromatic rings. The zero-order valence-electron chi connectivity index (χ0n) is 19.1. The monoisotopic (exact) mass is 514 g/mol. The largest absolute Gasteiger partial charge is 0.465 e. The van der Waals surface area contributed by atoms with E-state index in [-0.39, 0.29) is 35.0 Å². The summed E-state index contributed by atoms with van der Waals surface area (Å²) in [6.07, 6.45) is 3.04. The Hall–Kier alpha value is -4.39. The lowest BCUT2D eigenvalue weighted by atomic mass is 10.0. The number of primary amides is 1. The van der Waals surface area contributed by atoms with Gasteiger partial charge in [-0.2, -0.15) is 4.37 Å². The van der Waals surface area contributed by atoms with E-state index in [1.54, 1.807) is 25.3 Å². The number of halogens is 1. The minimum Gasteiger partial charge on any atom is -0.465 e. The number of nitrogens with one attached hydrogen (secondary N) is 1. The molecule has 5 N–H and O–H groups in total. The number of rotatable bonds is 10. The van der Waals surface area contributed by atoms with E-state index in [0.717, 1.165) is 12.1 Å². The van der Waals surface area contributed by atoms with Crippen LogP contribution in [0.25, 0.3) is 0 Å². The van der Waals surface area contributed by atoms with Crippen molar-refractivity contribution in [2.75, 3.05) is 18.9 Å². The third kappa shape index (κ3) is 6.18. The summed E-state index contributed by atoms with van der Waals surface area (Å²) >= 11 is 0.655. The van der Waals surface area contributed by atoms with Crippen LogP contribution in [0.3, 0.4) is 0 Å². The van der Waals surface area contributed by atoms with E-state index in [1.165, 1.54) is 23.2 Å². The van der Waals surface area contributed by atoms with E-state index < -0.39 is 42.1 Å². The highest BCUT2D eigenvalue weighted by Crippen LogP contribution is 2.30. The summed E-state index contributed by atoms with van der Waals surface area (Å²) in [5.41, 5.74) is 11.6. The molecular formula is C23H23FN6O5S. The second-order valence-corrected chi connectivity index (χ2v) is 8.18. The quantitative estimate of drug-likeness (QED) is 0.341. The van der Waals surface area contributed by atoms with Crippen molar-refractivity contribution >= 4 is 40.9 Å². The zero-order chi connectivity index (χ0) is 26.2.